The van der Waals surface area contributed by atoms with Gasteiger partial charge in [0.1, 0.15) is 19.8 Å². The molecule has 0 radical (unpaired) electrons. The second kappa shape index (κ2) is 21.5. The number of carbonyl (C=O) groups is 3. The Hall–Kier alpha value is -3.48. The maximum atomic E-state index is 13.1. The predicted molar refractivity (Wildman–Crippen MR) is 254 cm³/mol. The smallest absolute Gasteiger partial charge is 0.306 e. The number of hydrogen-bond donors (Lipinski definition) is 3. The van der Waals surface area contributed by atoms with Crippen LogP contribution in [0.2, 0.25) is 0 Å². The Morgan fingerprint density at radius 2 is 0.733 bits per heavy atom. The molecule has 0 fully saturated rings. The molecule has 332 valence electrons. The highest BCUT2D eigenvalue weighted by Gasteiger charge is 2.34. The lowest BCUT2D eigenvalue weighted by molar-refractivity contribution is -0.161. The van der Waals surface area contributed by atoms with E-state index in [1.54, 1.807) is 35.3 Å². The van der Waals surface area contributed by atoms with Gasteiger partial charge < -0.3 is 31.4 Å². The Labute approximate surface area is 373 Å². The summed E-state index contributed by atoms with van der Waals surface area (Å²) in [6.45, 7) is 26.9. The molecule has 0 bridgehead atoms. The fourth-order valence-electron chi connectivity index (χ4n) is 6.51. The maximum absolute atomic E-state index is 13.1. The molecule has 3 aromatic carbocycles. The highest BCUT2D eigenvalue weighted by molar-refractivity contribution is 7.99. The van der Waals surface area contributed by atoms with Crippen molar-refractivity contribution in [1.82, 2.24) is 0 Å². The molecule has 0 amide bonds. The topological polar surface area (TPSA) is 157 Å². The molecule has 0 atom stereocenters. The van der Waals surface area contributed by atoms with Crippen molar-refractivity contribution < 1.29 is 28.6 Å². The Kier molecular flexibility index (Phi) is 18.3. The van der Waals surface area contributed by atoms with Crippen molar-refractivity contribution >= 4 is 70.3 Å². The average Bonchev–Trinajstić information content (AvgIpc) is 3.14. The molecule has 0 aliphatic rings. The Bertz CT molecular complexity index is 1760. The van der Waals surface area contributed by atoms with Crippen molar-refractivity contribution in [1.29, 1.82) is 0 Å². The zero-order valence-electron chi connectivity index (χ0n) is 38.4. The van der Waals surface area contributed by atoms with Crippen molar-refractivity contribution in [3.8, 4) is 0 Å². The molecule has 3 aromatic rings. The van der Waals surface area contributed by atoms with E-state index in [2.05, 4.69) is 80.5 Å². The monoisotopic (exact) mass is 881 g/mol. The Morgan fingerprint density at radius 1 is 0.483 bits per heavy atom. The van der Waals surface area contributed by atoms with Gasteiger partial charge in [0.2, 0.25) is 0 Å². The maximum Gasteiger partial charge on any atom is 0.306 e. The first-order valence-corrected chi connectivity index (χ1v) is 23.8. The third-order valence-electron chi connectivity index (χ3n) is 10.6. The number of aryl methyl sites for hydroxylation is 3. The van der Waals surface area contributed by atoms with Gasteiger partial charge in [-0.3, -0.25) is 14.4 Å². The molecular weight excluding hydrogens is 811 g/mol. The minimum absolute atomic E-state index is 0.0627. The van der Waals surface area contributed by atoms with Crippen LogP contribution in [0, 0.1) is 26.2 Å². The molecular formula is C48H71N3O6S3. The number of anilines is 3. The lowest BCUT2D eigenvalue weighted by atomic mass is 9.85. The SMILES string of the molecule is CCC(COC(=O)CCSc1cc(C)c(N)c(C(C)(C)C)c1)(COC(=O)CCSc1cc(C)c(N)c(C(C)(C)C)c1)COC(=O)CCSc1cc(C)c(N)c(C(C)(C)C)c1. The van der Waals surface area contributed by atoms with Gasteiger partial charge in [-0.15, -0.1) is 35.3 Å². The lowest BCUT2D eigenvalue weighted by Crippen LogP contribution is -2.39. The second-order valence-corrected chi connectivity index (χ2v) is 22.5. The minimum atomic E-state index is -0.921. The summed E-state index contributed by atoms with van der Waals surface area (Å²) >= 11 is 4.73. The van der Waals surface area contributed by atoms with Gasteiger partial charge in [0.15, 0.2) is 0 Å². The Balaban J connectivity index is 1.65. The Morgan fingerprint density at radius 3 is 0.950 bits per heavy atom. The van der Waals surface area contributed by atoms with Crippen molar-refractivity contribution in [3.05, 3.63) is 69.8 Å². The lowest BCUT2D eigenvalue weighted by Gasteiger charge is -2.31. The van der Waals surface area contributed by atoms with E-state index in [1.807, 2.05) is 45.9 Å². The molecule has 3 rings (SSSR count). The molecule has 0 aliphatic heterocycles. The molecule has 6 N–H and O–H groups in total. The van der Waals surface area contributed by atoms with E-state index >= 15 is 0 Å². The van der Waals surface area contributed by atoms with Gasteiger partial charge in [-0.2, -0.15) is 0 Å². The summed E-state index contributed by atoms with van der Waals surface area (Å²) in [5.74, 6) is 0.404. The summed E-state index contributed by atoms with van der Waals surface area (Å²) in [5, 5.41) is 0. The van der Waals surface area contributed by atoms with Crippen LogP contribution >= 0.6 is 35.3 Å². The van der Waals surface area contributed by atoms with E-state index in [0.717, 1.165) is 65.1 Å². The molecule has 0 heterocycles. The minimum Gasteiger partial charge on any atom is -0.465 e. The molecule has 0 aromatic heterocycles. The fourth-order valence-corrected chi connectivity index (χ4v) is 9.41. The number of nitrogens with two attached hydrogens (primary N) is 3. The van der Waals surface area contributed by atoms with E-state index in [-0.39, 0.29) is 73.2 Å². The molecule has 0 aliphatic carbocycles. The van der Waals surface area contributed by atoms with E-state index in [4.69, 9.17) is 31.4 Å². The number of thioether (sulfide) groups is 3. The third kappa shape index (κ3) is 15.2. The molecule has 0 saturated carbocycles. The van der Waals surface area contributed by atoms with Gasteiger partial charge in [0, 0.05) is 49.0 Å². The summed E-state index contributed by atoms with van der Waals surface area (Å²) in [7, 11) is 0. The normalized spacial score (nSPS) is 12.3. The van der Waals surface area contributed by atoms with Gasteiger partial charge in [0.25, 0.3) is 0 Å². The zero-order valence-corrected chi connectivity index (χ0v) is 40.9. The predicted octanol–water partition coefficient (Wildman–Crippen LogP) is 11.1. The van der Waals surface area contributed by atoms with Crippen molar-refractivity contribution in [2.75, 3.05) is 54.3 Å². The number of benzene rings is 3. The van der Waals surface area contributed by atoms with Crippen molar-refractivity contribution in [2.45, 2.75) is 147 Å². The first-order valence-electron chi connectivity index (χ1n) is 20.8. The summed E-state index contributed by atoms with van der Waals surface area (Å²) in [4.78, 5) is 42.5. The number of carbonyl (C=O) groups excluding carboxylic acids is 3. The number of nitrogen functional groups attached to an aromatic ring is 3. The van der Waals surface area contributed by atoms with Crippen LogP contribution in [0.1, 0.15) is 128 Å². The van der Waals surface area contributed by atoms with Crippen LogP contribution in [0.4, 0.5) is 17.1 Å². The molecule has 12 heteroatoms. The van der Waals surface area contributed by atoms with Crippen molar-refractivity contribution in [3.63, 3.8) is 0 Å². The summed E-state index contributed by atoms with van der Waals surface area (Å²) in [6.07, 6.45) is 0.974. The van der Waals surface area contributed by atoms with Gasteiger partial charge in [0.05, 0.1) is 24.7 Å². The number of ether oxygens (including phenoxy) is 3. The van der Waals surface area contributed by atoms with Crippen LogP contribution in [0.15, 0.2) is 51.1 Å². The van der Waals surface area contributed by atoms with Crippen LogP contribution in [-0.2, 0) is 44.8 Å². The zero-order chi connectivity index (χ0) is 45.2. The molecule has 9 nitrogen and oxygen atoms in total. The number of esters is 3. The summed E-state index contributed by atoms with van der Waals surface area (Å²) in [6, 6.07) is 12.4. The molecule has 0 unspecified atom stereocenters. The van der Waals surface area contributed by atoms with Gasteiger partial charge in [-0.05, 0) is 113 Å². The average molecular weight is 882 g/mol. The van der Waals surface area contributed by atoms with Gasteiger partial charge in [-0.1, -0.05) is 69.2 Å². The van der Waals surface area contributed by atoms with Crippen LogP contribution in [0.3, 0.4) is 0 Å². The quantitative estimate of drug-likeness (QED) is 0.0454. The van der Waals surface area contributed by atoms with Gasteiger partial charge >= 0.3 is 17.9 Å². The van der Waals surface area contributed by atoms with E-state index in [9.17, 15) is 14.4 Å². The van der Waals surface area contributed by atoms with E-state index in [1.165, 1.54) is 0 Å². The van der Waals surface area contributed by atoms with Crippen LogP contribution in [-0.4, -0.2) is 55.0 Å². The number of rotatable bonds is 19. The fraction of sp³-hybridized carbons (Fsp3) is 0.562. The number of hydrogen-bond acceptors (Lipinski definition) is 12. The summed E-state index contributed by atoms with van der Waals surface area (Å²) in [5.41, 5.74) is 26.5. The largest absolute Gasteiger partial charge is 0.465 e. The summed E-state index contributed by atoms with van der Waals surface area (Å²) < 4.78 is 17.5. The third-order valence-corrected chi connectivity index (χ3v) is 13.5. The van der Waals surface area contributed by atoms with E-state index in [0.29, 0.717) is 23.7 Å². The standard InChI is InChI=1S/C48H71N3O6S3/c1-14-48(27-55-39(52)15-18-58-33-21-30(2)42(49)36(24-33)45(5,6)7,28-56-40(53)16-19-59-34-22-31(3)43(50)37(25-34)46(8,9)10)29-57-41(54)17-20-60-35-23-32(4)44(51)38(26-35)47(11,12)13/h21-26H,14-20,27-29,49-51H2,1-13H3. The molecule has 60 heavy (non-hydrogen) atoms. The van der Waals surface area contributed by atoms with Gasteiger partial charge in [-0.25, -0.2) is 0 Å². The first-order chi connectivity index (χ1) is 27.8. The highest BCUT2D eigenvalue weighted by Crippen LogP contribution is 2.37. The molecule has 0 spiro atoms. The first kappa shape index (κ1) is 50.9. The second-order valence-electron chi connectivity index (χ2n) is 19.0. The highest BCUT2D eigenvalue weighted by atomic mass is 32.2. The van der Waals surface area contributed by atoms with Crippen LogP contribution in [0.25, 0.3) is 0 Å². The molecule has 0 saturated heterocycles. The van der Waals surface area contributed by atoms with Crippen LogP contribution < -0.4 is 17.2 Å². The van der Waals surface area contributed by atoms with E-state index < -0.39 is 5.41 Å². The van der Waals surface area contributed by atoms with Crippen molar-refractivity contribution in [2.24, 2.45) is 5.41 Å². The van der Waals surface area contributed by atoms with Crippen LogP contribution in [0.5, 0.6) is 0 Å².